The molecule has 1 aliphatic heterocycles. The van der Waals surface area contributed by atoms with Gasteiger partial charge in [-0.25, -0.2) is 9.37 Å². The minimum absolute atomic E-state index is 0.0534. The van der Waals surface area contributed by atoms with E-state index in [1.54, 1.807) is 49.1 Å². The van der Waals surface area contributed by atoms with Gasteiger partial charge in [-0.1, -0.05) is 31.0 Å². The quantitative estimate of drug-likeness (QED) is 0.510. The molecule has 7 nitrogen and oxygen atoms in total. The molecule has 2 heterocycles. The fourth-order valence-corrected chi connectivity index (χ4v) is 4.86. The van der Waals surface area contributed by atoms with Gasteiger partial charge in [0.05, 0.1) is 23.9 Å². The van der Waals surface area contributed by atoms with Crippen LogP contribution in [0.1, 0.15) is 31.2 Å². The molecule has 0 saturated carbocycles. The highest BCUT2D eigenvalue weighted by Gasteiger charge is 2.24. The van der Waals surface area contributed by atoms with E-state index >= 15 is 0 Å². The Morgan fingerprint density at radius 2 is 1.86 bits per heavy atom. The predicted octanol–water partition coefficient (Wildman–Crippen LogP) is 4.44. The summed E-state index contributed by atoms with van der Waals surface area (Å²) in [5, 5.41) is 9.17. The third-order valence-corrected chi connectivity index (χ3v) is 7.01. The molecular weight excluding hydrogens is 457 g/mol. The molecule has 3 aromatic rings. The monoisotopic (exact) mass is 489 g/mol. The van der Waals surface area contributed by atoms with Crippen LogP contribution in [0.5, 0.6) is 5.75 Å². The standard InChI is InChI=1S/C28H32FN5O2/c1-32-15-7-5-6-8-22(32)18-33(2)28-31-26(20-9-10-21(17-30)24(29)16-20)25(27(35)34(28)3)19-11-13-23(36-4)14-12-19/h9-14,16,22H,5-8,15,18H2,1-4H3. The lowest BCUT2D eigenvalue weighted by Gasteiger charge is -2.31. The van der Waals surface area contributed by atoms with E-state index < -0.39 is 5.82 Å². The van der Waals surface area contributed by atoms with Gasteiger partial charge in [0, 0.05) is 32.2 Å². The molecule has 0 radical (unpaired) electrons. The van der Waals surface area contributed by atoms with E-state index in [-0.39, 0.29) is 11.1 Å². The van der Waals surface area contributed by atoms with Crippen LogP contribution in [0.15, 0.2) is 47.3 Å². The maximum absolute atomic E-state index is 14.6. The molecule has 0 spiro atoms. The lowest BCUT2D eigenvalue weighted by atomic mass is 9.99. The lowest BCUT2D eigenvalue weighted by molar-refractivity contribution is 0.249. The first-order chi connectivity index (χ1) is 17.3. The molecule has 188 valence electrons. The summed E-state index contributed by atoms with van der Waals surface area (Å²) in [6.45, 7) is 1.77. The first-order valence-corrected chi connectivity index (χ1v) is 12.2. The van der Waals surface area contributed by atoms with Gasteiger partial charge in [0.25, 0.3) is 5.56 Å². The first kappa shape index (κ1) is 25.4. The Morgan fingerprint density at radius 3 is 2.53 bits per heavy atom. The molecule has 4 rings (SSSR count). The molecule has 0 bridgehead atoms. The van der Waals surface area contributed by atoms with Gasteiger partial charge in [-0.2, -0.15) is 5.26 Å². The number of halogens is 1. The molecule has 36 heavy (non-hydrogen) atoms. The van der Waals surface area contributed by atoms with Crippen molar-refractivity contribution in [3.63, 3.8) is 0 Å². The van der Waals surface area contributed by atoms with Crippen molar-refractivity contribution in [1.29, 1.82) is 5.26 Å². The van der Waals surface area contributed by atoms with Gasteiger partial charge < -0.3 is 14.5 Å². The zero-order chi connectivity index (χ0) is 25.8. The lowest BCUT2D eigenvalue weighted by Crippen LogP contribution is -2.42. The van der Waals surface area contributed by atoms with Gasteiger partial charge in [-0.15, -0.1) is 0 Å². The summed E-state index contributed by atoms with van der Waals surface area (Å²) >= 11 is 0. The van der Waals surface area contributed by atoms with Crippen molar-refractivity contribution >= 4 is 5.95 Å². The van der Waals surface area contributed by atoms with Gasteiger partial charge >= 0.3 is 0 Å². The maximum Gasteiger partial charge on any atom is 0.263 e. The number of methoxy groups -OCH3 is 1. The number of hydrogen-bond acceptors (Lipinski definition) is 6. The maximum atomic E-state index is 14.6. The minimum atomic E-state index is -0.645. The van der Waals surface area contributed by atoms with Crippen LogP contribution in [0.2, 0.25) is 0 Å². The zero-order valence-electron chi connectivity index (χ0n) is 21.3. The molecule has 1 fully saturated rings. The molecule has 1 unspecified atom stereocenters. The molecule has 2 aromatic carbocycles. The molecule has 1 saturated heterocycles. The predicted molar refractivity (Wildman–Crippen MR) is 140 cm³/mol. The van der Waals surface area contributed by atoms with E-state index in [0.717, 1.165) is 19.5 Å². The van der Waals surface area contributed by atoms with Gasteiger partial charge in [-0.05, 0) is 56.3 Å². The van der Waals surface area contributed by atoms with Gasteiger partial charge in [0.1, 0.15) is 17.6 Å². The summed E-state index contributed by atoms with van der Waals surface area (Å²) in [6.07, 6.45) is 4.69. The number of likely N-dealkylation sites (N-methyl/N-ethyl adjacent to an activating group) is 2. The van der Waals surface area contributed by atoms with Gasteiger partial charge in [0.2, 0.25) is 5.95 Å². The van der Waals surface area contributed by atoms with Crippen molar-refractivity contribution in [2.75, 3.05) is 39.2 Å². The van der Waals surface area contributed by atoms with E-state index in [1.165, 1.54) is 31.4 Å². The Kier molecular flexibility index (Phi) is 7.70. The van der Waals surface area contributed by atoms with Crippen LogP contribution in [0, 0.1) is 17.1 Å². The zero-order valence-corrected chi connectivity index (χ0v) is 21.3. The summed E-state index contributed by atoms with van der Waals surface area (Å²) in [4.78, 5) is 23.1. The molecular formula is C28H32FN5O2. The molecule has 1 aromatic heterocycles. The largest absolute Gasteiger partial charge is 0.497 e. The van der Waals surface area contributed by atoms with Crippen LogP contribution >= 0.6 is 0 Å². The molecule has 1 aliphatic rings. The number of rotatable bonds is 6. The summed E-state index contributed by atoms with van der Waals surface area (Å²) in [7, 11) is 7.38. The molecule has 0 N–H and O–H groups in total. The number of nitriles is 1. The topological polar surface area (TPSA) is 74.4 Å². The van der Waals surface area contributed by atoms with Crippen LogP contribution < -0.4 is 15.2 Å². The van der Waals surface area contributed by atoms with E-state index in [1.807, 2.05) is 18.0 Å². The highest BCUT2D eigenvalue weighted by Crippen LogP contribution is 2.32. The van der Waals surface area contributed by atoms with Crippen molar-refractivity contribution in [3.05, 3.63) is 64.2 Å². The van der Waals surface area contributed by atoms with Gasteiger partial charge in [0.15, 0.2) is 0 Å². The Bertz CT molecular complexity index is 1330. The number of benzene rings is 2. The third-order valence-electron chi connectivity index (χ3n) is 7.01. The van der Waals surface area contributed by atoms with Crippen LogP contribution in [-0.2, 0) is 7.05 Å². The molecule has 0 amide bonds. The second kappa shape index (κ2) is 10.9. The summed E-state index contributed by atoms with van der Waals surface area (Å²) in [5.41, 5.74) is 1.56. The SMILES string of the molecule is COc1ccc(-c2c(-c3ccc(C#N)c(F)c3)nc(N(C)CC3CCCCCN3C)n(C)c2=O)cc1. The van der Waals surface area contributed by atoms with Crippen LogP contribution in [0.4, 0.5) is 10.3 Å². The van der Waals surface area contributed by atoms with Crippen molar-refractivity contribution in [3.8, 4) is 34.2 Å². The summed E-state index contributed by atoms with van der Waals surface area (Å²) in [5.74, 6) is 0.529. The molecule has 0 aliphatic carbocycles. The Balaban J connectivity index is 1.85. The van der Waals surface area contributed by atoms with E-state index in [0.29, 0.717) is 40.1 Å². The average molecular weight is 490 g/mol. The van der Waals surface area contributed by atoms with Crippen LogP contribution in [0.25, 0.3) is 22.4 Å². The second-order valence-corrected chi connectivity index (χ2v) is 9.40. The third kappa shape index (κ3) is 5.12. The Morgan fingerprint density at radius 1 is 1.14 bits per heavy atom. The number of anilines is 1. The fraction of sp³-hybridized carbons (Fsp3) is 0.393. The number of hydrogen-bond donors (Lipinski definition) is 0. The van der Waals surface area contributed by atoms with Gasteiger partial charge in [-0.3, -0.25) is 9.36 Å². The van der Waals surface area contributed by atoms with Crippen molar-refractivity contribution in [1.82, 2.24) is 14.5 Å². The van der Waals surface area contributed by atoms with E-state index in [9.17, 15) is 14.4 Å². The first-order valence-electron chi connectivity index (χ1n) is 12.2. The van der Waals surface area contributed by atoms with Crippen molar-refractivity contribution in [2.45, 2.75) is 31.7 Å². The molecule has 8 heteroatoms. The Labute approximate surface area is 211 Å². The van der Waals surface area contributed by atoms with Crippen LogP contribution in [-0.4, -0.2) is 54.8 Å². The highest BCUT2D eigenvalue weighted by atomic mass is 19.1. The summed E-state index contributed by atoms with van der Waals surface area (Å²) < 4.78 is 21.5. The second-order valence-electron chi connectivity index (χ2n) is 9.40. The Hall–Kier alpha value is -3.70. The van der Waals surface area contributed by atoms with Crippen molar-refractivity contribution < 1.29 is 9.13 Å². The minimum Gasteiger partial charge on any atom is -0.497 e. The number of likely N-dealkylation sites (tertiary alicyclic amines) is 1. The molecule has 1 atom stereocenters. The number of ether oxygens (including phenoxy) is 1. The van der Waals surface area contributed by atoms with Crippen LogP contribution in [0.3, 0.4) is 0 Å². The normalized spacial score (nSPS) is 16.3. The number of nitrogens with zero attached hydrogens (tertiary/aromatic N) is 5. The number of aromatic nitrogens is 2. The summed E-state index contributed by atoms with van der Waals surface area (Å²) in [6, 6.07) is 13.7. The fourth-order valence-electron chi connectivity index (χ4n) is 4.86. The van der Waals surface area contributed by atoms with Crippen molar-refractivity contribution in [2.24, 2.45) is 7.05 Å². The van der Waals surface area contributed by atoms with E-state index in [4.69, 9.17) is 9.72 Å². The highest BCUT2D eigenvalue weighted by molar-refractivity contribution is 5.81. The smallest absolute Gasteiger partial charge is 0.263 e. The van der Waals surface area contributed by atoms with E-state index in [2.05, 4.69) is 11.9 Å². The average Bonchev–Trinajstić information content (AvgIpc) is 3.09.